The zero-order valence-corrected chi connectivity index (χ0v) is 7.08. The van der Waals surface area contributed by atoms with E-state index in [0.717, 1.165) is 26.2 Å². The number of hydrogen-bond donors (Lipinski definition) is 0. The second-order valence-electron chi connectivity index (χ2n) is 2.84. The molecule has 0 aromatic carbocycles. The number of hydrogen-bond acceptors (Lipinski definition) is 3. The standard InChI is InChI=1S/C7H15N3O/c1-8-7(11)10-5-3-4-9(2)6-10/h3-6H2,1-2H3,(H,8,11)/p-1. The first-order valence-corrected chi connectivity index (χ1v) is 3.81. The van der Waals surface area contributed by atoms with Crippen LogP contribution in [0.3, 0.4) is 0 Å². The molecule has 0 aliphatic carbocycles. The summed E-state index contributed by atoms with van der Waals surface area (Å²) >= 11 is 0. The van der Waals surface area contributed by atoms with Crippen molar-refractivity contribution in [3.8, 4) is 0 Å². The number of aliphatic imine (C=N–C) groups is 1. The molecule has 0 atom stereocenters. The van der Waals surface area contributed by atoms with Gasteiger partial charge in [0.2, 0.25) is 0 Å². The zero-order chi connectivity index (χ0) is 8.27. The Hall–Kier alpha value is -0.770. The molecule has 0 bridgehead atoms. The highest BCUT2D eigenvalue weighted by atomic mass is 16.3. The van der Waals surface area contributed by atoms with Gasteiger partial charge in [-0.3, -0.25) is 9.89 Å². The quantitative estimate of drug-likeness (QED) is 0.331. The van der Waals surface area contributed by atoms with Gasteiger partial charge in [0.1, 0.15) is 0 Å². The molecule has 1 heterocycles. The molecule has 64 valence electrons. The van der Waals surface area contributed by atoms with Crippen LogP contribution in [-0.4, -0.2) is 49.7 Å². The fourth-order valence-electron chi connectivity index (χ4n) is 1.26. The van der Waals surface area contributed by atoms with Gasteiger partial charge in [0, 0.05) is 20.1 Å². The molecule has 0 saturated carbocycles. The van der Waals surface area contributed by atoms with Gasteiger partial charge in [-0.15, -0.1) is 0 Å². The summed E-state index contributed by atoms with van der Waals surface area (Å²) < 4.78 is 0. The van der Waals surface area contributed by atoms with E-state index in [4.69, 9.17) is 0 Å². The van der Waals surface area contributed by atoms with E-state index in [2.05, 4.69) is 9.89 Å². The average Bonchev–Trinajstić information content (AvgIpc) is 2.03. The molecule has 1 aliphatic rings. The van der Waals surface area contributed by atoms with Gasteiger partial charge >= 0.3 is 0 Å². The smallest absolute Gasteiger partial charge is 0.0707 e. The molecule has 1 saturated heterocycles. The summed E-state index contributed by atoms with van der Waals surface area (Å²) in [6, 6.07) is -0.100. The maximum absolute atomic E-state index is 11.0. The zero-order valence-electron chi connectivity index (χ0n) is 7.08. The molecule has 0 N–H and O–H groups in total. The molecular formula is C7H14N3O-. The van der Waals surface area contributed by atoms with Gasteiger partial charge in [0.15, 0.2) is 0 Å². The van der Waals surface area contributed by atoms with Gasteiger partial charge in [0.25, 0.3) is 0 Å². The molecule has 0 spiro atoms. The highest BCUT2D eigenvalue weighted by Crippen LogP contribution is 2.01. The number of nitrogens with zero attached hydrogens (tertiary/aromatic N) is 3. The summed E-state index contributed by atoms with van der Waals surface area (Å²) in [6.07, 6.45) is 1.05. The Morgan fingerprint density at radius 1 is 1.45 bits per heavy atom. The molecule has 1 aliphatic heterocycles. The molecule has 0 amide bonds. The lowest BCUT2D eigenvalue weighted by Gasteiger charge is -2.37. The topological polar surface area (TPSA) is 41.9 Å². The monoisotopic (exact) mass is 156 g/mol. The predicted molar refractivity (Wildman–Crippen MR) is 42.2 cm³/mol. The van der Waals surface area contributed by atoms with Gasteiger partial charge in [-0.05, 0) is 13.5 Å². The van der Waals surface area contributed by atoms with E-state index < -0.39 is 0 Å². The third-order valence-corrected chi connectivity index (χ3v) is 1.84. The maximum atomic E-state index is 11.0. The van der Waals surface area contributed by atoms with Gasteiger partial charge in [-0.2, -0.15) is 0 Å². The summed E-state index contributed by atoms with van der Waals surface area (Å²) in [5.41, 5.74) is 0. The first-order valence-electron chi connectivity index (χ1n) is 3.81. The van der Waals surface area contributed by atoms with Crippen LogP contribution in [0, 0.1) is 0 Å². The third-order valence-electron chi connectivity index (χ3n) is 1.84. The summed E-state index contributed by atoms with van der Waals surface area (Å²) in [6.45, 7) is 2.64. The van der Waals surface area contributed by atoms with Crippen molar-refractivity contribution in [1.29, 1.82) is 0 Å². The van der Waals surface area contributed by atoms with Gasteiger partial charge < -0.3 is 10.0 Å². The molecule has 0 unspecified atom stereocenters. The van der Waals surface area contributed by atoms with Crippen LogP contribution in [0.15, 0.2) is 4.99 Å². The Balaban J connectivity index is 2.46. The minimum atomic E-state index is -0.100. The van der Waals surface area contributed by atoms with Gasteiger partial charge in [0.05, 0.1) is 12.7 Å². The van der Waals surface area contributed by atoms with E-state index in [-0.39, 0.29) is 6.02 Å². The van der Waals surface area contributed by atoms with Gasteiger partial charge in [-0.25, -0.2) is 0 Å². The molecule has 11 heavy (non-hydrogen) atoms. The van der Waals surface area contributed by atoms with Crippen molar-refractivity contribution < 1.29 is 5.11 Å². The molecule has 1 rings (SSSR count). The largest absolute Gasteiger partial charge is 0.846 e. The van der Waals surface area contributed by atoms with Crippen molar-refractivity contribution in [1.82, 2.24) is 9.80 Å². The fourth-order valence-corrected chi connectivity index (χ4v) is 1.26. The molecule has 1 fully saturated rings. The molecule has 0 radical (unpaired) electrons. The normalized spacial score (nSPS) is 22.4. The minimum absolute atomic E-state index is 0.100. The van der Waals surface area contributed by atoms with Gasteiger partial charge in [-0.1, -0.05) is 0 Å². The van der Waals surface area contributed by atoms with Crippen LogP contribution < -0.4 is 5.11 Å². The average molecular weight is 156 g/mol. The maximum Gasteiger partial charge on any atom is 0.0707 e. The summed E-state index contributed by atoms with van der Waals surface area (Å²) in [7, 11) is 3.55. The SMILES string of the molecule is CN=C([O-])N1CCCN(C)C1. The van der Waals surface area contributed by atoms with Crippen LogP contribution >= 0.6 is 0 Å². The van der Waals surface area contributed by atoms with Crippen molar-refractivity contribution in [2.75, 3.05) is 33.9 Å². The Morgan fingerprint density at radius 2 is 2.18 bits per heavy atom. The molecule has 0 aromatic rings. The Labute approximate surface area is 67.1 Å². The van der Waals surface area contributed by atoms with Crippen LogP contribution in [0.1, 0.15) is 6.42 Å². The van der Waals surface area contributed by atoms with E-state index in [9.17, 15) is 5.11 Å². The van der Waals surface area contributed by atoms with E-state index in [1.54, 1.807) is 4.90 Å². The van der Waals surface area contributed by atoms with Crippen LogP contribution in [0.2, 0.25) is 0 Å². The lowest BCUT2D eigenvalue weighted by Crippen LogP contribution is -2.50. The summed E-state index contributed by atoms with van der Waals surface area (Å²) in [4.78, 5) is 7.48. The van der Waals surface area contributed by atoms with E-state index >= 15 is 0 Å². The molecular weight excluding hydrogens is 142 g/mol. The third kappa shape index (κ3) is 2.08. The Kier molecular flexibility index (Phi) is 2.70. The fraction of sp³-hybridized carbons (Fsp3) is 0.857. The van der Waals surface area contributed by atoms with E-state index in [1.807, 2.05) is 7.05 Å². The van der Waals surface area contributed by atoms with Crippen molar-refractivity contribution in [2.24, 2.45) is 4.99 Å². The summed E-state index contributed by atoms with van der Waals surface area (Å²) in [5, 5.41) is 11.0. The lowest BCUT2D eigenvalue weighted by atomic mass is 10.3. The number of amidine groups is 1. The van der Waals surface area contributed by atoms with Crippen molar-refractivity contribution in [3.05, 3.63) is 0 Å². The van der Waals surface area contributed by atoms with Crippen molar-refractivity contribution in [2.45, 2.75) is 6.42 Å². The predicted octanol–water partition coefficient (Wildman–Crippen LogP) is -1.07. The van der Waals surface area contributed by atoms with Crippen LogP contribution in [0.25, 0.3) is 0 Å². The van der Waals surface area contributed by atoms with Crippen LogP contribution in [0.5, 0.6) is 0 Å². The van der Waals surface area contributed by atoms with Crippen molar-refractivity contribution >= 4 is 6.02 Å². The molecule has 4 heteroatoms. The first kappa shape index (κ1) is 8.33. The lowest BCUT2D eigenvalue weighted by molar-refractivity contribution is -0.238. The highest BCUT2D eigenvalue weighted by Gasteiger charge is 2.11. The second kappa shape index (κ2) is 3.57. The van der Waals surface area contributed by atoms with E-state index in [1.165, 1.54) is 7.05 Å². The minimum Gasteiger partial charge on any atom is -0.846 e. The van der Waals surface area contributed by atoms with E-state index in [0.29, 0.717) is 0 Å². The first-order chi connectivity index (χ1) is 5.24. The van der Waals surface area contributed by atoms with Crippen LogP contribution in [0.4, 0.5) is 0 Å². The molecule has 4 nitrogen and oxygen atoms in total. The Morgan fingerprint density at radius 3 is 2.73 bits per heavy atom. The highest BCUT2D eigenvalue weighted by molar-refractivity contribution is 5.68. The number of rotatable bonds is 0. The second-order valence-corrected chi connectivity index (χ2v) is 2.84. The summed E-state index contributed by atoms with van der Waals surface area (Å²) in [5.74, 6) is 0. The van der Waals surface area contributed by atoms with Crippen molar-refractivity contribution in [3.63, 3.8) is 0 Å². The van der Waals surface area contributed by atoms with Crippen LogP contribution in [-0.2, 0) is 0 Å². The Bertz CT molecular complexity index is 158. The molecule has 0 aromatic heterocycles.